The third-order valence-corrected chi connectivity index (χ3v) is 6.67. The molecule has 1 aromatic carbocycles. The molecule has 3 heteroatoms. The first kappa shape index (κ1) is 21.5. The molecule has 0 aromatic heterocycles. The smallest absolute Gasteiger partial charge is 0.180 e. The SMILES string of the molecule is C=C(NC(C(=C)N1CCCC1C(=C)C)C1Cc2ccccc2C1)OC(C)(C)CC. The molecule has 0 amide bonds. The Hall–Kier alpha value is -2.16. The molecule has 0 spiro atoms. The minimum Gasteiger partial charge on any atom is -0.474 e. The number of fused-ring (bicyclic) bond motifs is 1. The predicted molar refractivity (Wildman–Crippen MR) is 123 cm³/mol. The van der Waals surface area contributed by atoms with Crippen molar-refractivity contribution in [3.8, 4) is 0 Å². The average Bonchev–Trinajstić information content (AvgIpc) is 3.32. The van der Waals surface area contributed by atoms with Gasteiger partial charge in [0.05, 0.1) is 6.04 Å². The molecule has 2 aliphatic rings. The Bertz CT molecular complexity index is 754. The number of nitrogens with one attached hydrogen (secondary N) is 1. The van der Waals surface area contributed by atoms with Crippen LogP contribution < -0.4 is 5.32 Å². The molecule has 1 aromatic rings. The van der Waals surface area contributed by atoms with E-state index in [1.165, 1.54) is 23.1 Å². The predicted octanol–water partition coefficient (Wildman–Crippen LogP) is 5.59. The highest BCUT2D eigenvalue weighted by Gasteiger charge is 2.36. The molecule has 0 saturated carbocycles. The van der Waals surface area contributed by atoms with Gasteiger partial charge in [0.1, 0.15) is 5.60 Å². The van der Waals surface area contributed by atoms with Crippen molar-refractivity contribution in [1.82, 2.24) is 10.2 Å². The standard InChI is InChI=1S/C26H38N2O/c1-8-26(6,7)29-20(5)27-25(19(4)28-15-11-14-24(28)18(2)3)23-16-21-12-9-10-13-22(21)17-23/h9-10,12-13,23-25,27H,2,4-5,8,11,14-17H2,1,3,6-7H3. The van der Waals surface area contributed by atoms with Gasteiger partial charge < -0.3 is 15.0 Å². The lowest BCUT2D eigenvalue weighted by molar-refractivity contribution is 0.0176. The maximum Gasteiger partial charge on any atom is 0.180 e. The van der Waals surface area contributed by atoms with Crippen LogP contribution in [0.25, 0.3) is 0 Å². The largest absolute Gasteiger partial charge is 0.474 e. The first-order valence-electron chi connectivity index (χ1n) is 11.0. The highest BCUT2D eigenvalue weighted by molar-refractivity contribution is 5.34. The van der Waals surface area contributed by atoms with E-state index in [-0.39, 0.29) is 11.6 Å². The van der Waals surface area contributed by atoms with Crippen molar-refractivity contribution in [3.05, 3.63) is 72.3 Å². The second kappa shape index (κ2) is 8.69. The maximum absolute atomic E-state index is 6.16. The molecule has 3 nitrogen and oxygen atoms in total. The van der Waals surface area contributed by atoms with Gasteiger partial charge >= 0.3 is 0 Å². The summed E-state index contributed by atoms with van der Waals surface area (Å²) in [5.41, 5.74) is 5.04. The second-order valence-corrected chi connectivity index (χ2v) is 9.39. The van der Waals surface area contributed by atoms with Gasteiger partial charge in [-0.2, -0.15) is 0 Å². The van der Waals surface area contributed by atoms with E-state index in [1.54, 1.807) is 0 Å². The van der Waals surface area contributed by atoms with E-state index in [1.807, 2.05) is 0 Å². The molecule has 29 heavy (non-hydrogen) atoms. The molecular formula is C26H38N2O. The van der Waals surface area contributed by atoms with Crippen molar-refractivity contribution >= 4 is 0 Å². The summed E-state index contributed by atoms with van der Waals surface area (Å²) in [7, 11) is 0. The van der Waals surface area contributed by atoms with Crippen molar-refractivity contribution in [2.24, 2.45) is 5.92 Å². The molecule has 1 heterocycles. The van der Waals surface area contributed by atoms with E-state index in [9.17, 15) is 0 Å². The number of ether oxygens (including phenoxy) is 1. The molecule has 1 N–H and O–H groups in total. The molecule has 158 valence electrons. The van der Waals surface area contributed by atoms with Crippen LogP contribution in [-0.2, 0) is 17.6 Å². The first-order chi connectivity index (χ1) is 13.7. The minimum atomic E-state index is -0.234. The van der Waals surface area contributed by atoms with Crippen molar-refractivity contribution in [2.45, 2.75) is 77.5 Å². The summed E-state index contributed by atoms with van der Waals surface area (Å²) in [6.45, 7) is 22.5. The highest BCUT2D eigenvalue weighted by Crippen LogP contribution is 2.35. The quantitative estimate of drug-likeness (QED) is 0.436. The number of rotatable bonds is 9. The van der Waals surface area contributed by atoms with E-state index in [2.05, 4.69) is 81.9 Å². The molecule has 1 saturated heterocycles. The average molecular weight is 395 g/mol. The zero-order valence-electron chi connectivity index (χ0n) is 18.8. The van der Waals surface area contributed by atoms with Crippen molar-refractivity contribution in [1.29, 1.82) is 0 Å². The van der Waals surface area contributed by atoms with Crippen molar-refractivity contribution in [2.75, 3.05) is 6.54 Å². The highest BCUT2D eigenvalue weighted by atomic mass is 16.5. The lowest BCUT2D eigenvalue weighted by Crippen LogP contribution is -2.46. The van der Waals surface area contributed by atoms with Crippen LogP contribution in [0.2, 0.25) is 0 Å². The van der Waals surface area contributed by atoms with Gasteiger partial charge in [-0.05, 0) is 76.5 Å². The van der Waals surface area contributed by atoms with Gasteiger partial charge in [-0.25, -0.2) is 0 Å². The lowest BCUT2D eigenvalue weighted by Gasteiger charge is -2.38. The number of benzene rings is 1. The normalized spacial score (nSPS) is 20.3. The minimum absolute atomic E-state index is 0.0995. The van der Waals surface area contributed by atoms with E-state index >= 15 is 0 Å². The van der Waals surface area contributed by atoms with Gasteiger partial charge in [0, 0.05) is 18.3 Å². The zero-order valence-corrected chi connectivity index (χ0v) is 18.8. The summed E-state index contributed by atoms with van der Waals surface area (Å²) in [5, 5.41) is 3.63. The molecule has 1 aliphatic heterocycles. The Morgan fingerprint density at radius 3 is 2.38 bits per heavy atom. The van der Waals surface area contributed by atoms with Crippen LogP contribution in [0.3, 0.4) is 0 Å². The maximum atomic E-state index is 6.16. The van der Waals surface area contributed by atoms with Crippen molar-refractivity contribution < 1.29 is 4.74 Å². The molecule has 0 radical (unpaired) electrons. The monoisotopic (exact) mass is 394 g/mol. The fraction of sp³-hybridized carbons (Fsp3) is 0.538. The van der Waals surface area contributed by atoms with E-state index < -0.39 is 0 Å². The zero-order chi connectivity index (χ0) is 21.2. The molecule has 2 atom stereocenters. The molecular weight excluding hydrogens is 356 g/mol. The van der Waals surface area contributed by atoms with Crippen LogP contribution in [0.1, 0.15) is 58.1 Å². The summed E-state index contributed by atoms with van der Waals surface area (Å²) >= 11 is 0. The molecule has 0 bridgehead atoms. The Balaban J connectivity index is 1.81. The first-order valence-corrected chi connectivity index (χ1v) is 11.0. The van der Waals surface area contributed by atoms with E-state index in [4.69, 9.17) is 4.74 Å². The summed E-state index contributed by atoms with van der Waals surface area (Å²) in [6, 6.07) is 9.28. The topological polar surface area (TPSA) is 24.5 Å². The molecule has 1 aliphatic carbocycles. The Morgan fingerprint density at radius 2 is 1.83 bits per heavy atom. The van der Waals surface area contributed by atoms with E-state index in [0.717, 1.165) is 37.9 Å². The second-order valence-electron chi connectivity index (χ2n) is 9.39. The van der Waals surface area contributed by atoms with Gasteiger partial charge in [0.2, 0.25) is 0 Å². The van der Waals surface area contributed by atoms with Gasteiger partial charge in [-0.3, -0.25) is 0 Å². The Labute approximate surface area is 177 Å². The lowest BCUT2D eigenvalue weighted by atomic mass is 9.93. The summed E-state index contributed by atoms with van der Waals surface area (Å²) in [5.74, 6) is 1.08. The van der Waals surface area contributed by atoms with Crippen molar-refractivity contribution in [3.63, 3.8) is 0 Å². The molecule has 1 fully saturated rings. The van der Waals surface area contributed by atoms with Crippen LogP contribution >= 0.6 is 0 Å². The van der Waals surface area contributed by atoms with Gasteiger partial charge in [0.15, 0.2) is 5.88 Å². The fourth-order valence-corrected chi connectivity index (χ4v) is 4.71. The van der Waals surface area contributed by atoms with Crippen LogP contribution in [0.15, 0.2) is 61.2 Å². The molecule has 2 unspecified atom stereocenters. The van der Waals surface area contributed by atoms with Gasteiger partial charge in [-0.1, -0.05) is 49.9 Å². The van der Waals surface area contributed by atoms with Crippen LogP contribution in [0, 0.1) is 5.92 Å². The van der Waals surface area contributed by atoms with Gasteiger partial charge in [0.25, 0.3) is 0 Å². The Kier molecular flexibility index (Phi) is 6.45. The third kappa shape index (κ3) is 4.88. The van der Waals surface area contributed by atoms with E-state index in [0.29, 0.717) is 17.8 Å². The molecule has 3 rings (SSSR count). The summed E-state index contributed by atoms with van der Waals surface area (Å²) in [6.07, 6.45) is 5.39. The summed E-state index contributed by atoms with van der Waals surface area (Å²) < 4.78 is 6.16. The number of hydrogen-bond acceptors (Lipinski definition) is 3. The Morgan fingerprint density at radius 1 is 1.21 bits per heavy atom. The fourth-order valence-electron chi connectivity index (χ4n) is 4.71. The van der Waals surface area contributed by atoms with Crippen LogP contribution in [0.5, 0.6) is 0 Å². The van der Waals surface area contributed by atoms with Gasteiger partial charge in [-0.15, -0.1) is 0 Å². The third-order valence-electron chi connectivity index (χ3n) is 6.67. The number of nitrogens with zero attached hydrogens (tertiary/aromatic N) is 1. The van der Waals surface area contributed by atoms with Crippen LogP contribution in [0.4, 0.5) is 0 Å². The van der Waals surface area contributed by atoms with Crippen LogP contribution in [-0.4, -0.2) is 29.1 Å². The number of hydrogen-bond donors (Lipinski definition) is 1. The number of likely N-dealkylation sites (tertiary alicyclic amines) is 1. The summed E-state index contributed by atoms with van der Waals surface area (Å²) in [4.78, 5) is 2.46.